The van der Waals surface area contributed by atoms with E-state index in [-0.39, 0.29) is 17.9 Å². The predicted octanol–water partition coefficient (Wildman–Crippen LogP) is 0.521. The Bertz CT molecular complexity index is 372. The first-order valence-corrected chi connectivity index (χ1v) is 8.45. The van der Waals surface area contributed by atoms with Gasteiger partial charge in [-0.15, -0.1) is 0 Å². The first kappa shape index (κ1) is 14.2. The summed E-state index contributed by atoms with van der Waals surface area (Å²) in [5.41, 5.74) is 0. The molecule has 0 N–H and O–H groups in total. The van der Waals surface area contributed by atoms with E-state index in [1.54, 1.807) is 4.31 Å². The average molecular weight is 276 g/mol. The van der Waals surface area contributed by atoms with Crippen LogP contribution in [0.25, 0.3) is 0 Å². The zero-order chi connectivity index (χ0) is 13.2. The van der Waals surface area contributed by atoms with E-state index in [9.17, 15) is 8.42 Å². The maximum Gasteiger partial charge on any atom is 0.214 e. The monoisotopic (exact) mass is 276 g/mol. The van der Waals surface area contributed by atoms with Gasteiger partial charge in [0, 0.05) is 19.6 Å². The second kappa shape index (κ2) is 5.86. The molecule has 106 valence electrons. The minimum Gasteiger partial charge on any atom is -0.374 e. The number of hydrogen-bond donors (Lipinski definition) is 0. The van der Waals surface area contributed by atoms with Crippen LogP contribution in [-0.4, -0.2) is 68.8 Å². The number of sulfonamides is 1. The smallest absolute Gasteiger partial charge is 0.214 e. The molecule has 2 saturated heterocycles. The van der Waals surface area contributed by atoms with E-state index in [1.807, 2.05) is 7.05 Å². The van der Waals surface area contributed by atoms with E-state index in [2.05, 4.69) is 11.8 Å². The normalized spacial score (nSPS) is 30.6. The van der Waals surface area contributed by atoms with Crippen molar-refractivity contribution in [3.05, 3.63) is 0 Å². The number of hydrogen-bond acceptors (Lipinski definition) is 4. The molecule has 2 heterocycles. The Hall–Kier alpha value is -0.170. The molecule has 2 aliphatic rings. The van der Waals surface area contributed by atoms with Gasteiger partial charge in [0.15, 0.2) is 0 Å². The molecule has 0 aliphatic carbocycles. The van der Waals surface area contributed by atoms with Gasteiger partial charge in [-0.2, -0.15) is 4.31 Å². The van der Waals surface area contributed by atoms with Gasteiger partial charge in [-0.1, -0.05) is 19.8 Å². The molecule has 18 heavy (non-hydrogen) atoms. The molecule has 5 nitrogen and oxygen atoms in total. The fourth-order valence-electron chi connectivity index (χ4n) is 2.71. The highest BCUT2D eigenvalue weighted by Crippen LogP contribution is 2.24. The van der Waals surface area contributed by atoms with Gasteiger partial charge >= 0.3 is 0 Å². The van der Waals surface area contributed by atoms with Crippen LogP contribution in [-0.2, 0) is 14.8 Å². The Labute approximate surface area is 110 Å². The molecule has 0 spiro atoms. The molecule has 0 radical (unpaired) electrons. The van der Waals surface area contributed by atoms with Crippen LogP contribution < -0.4 is 0 Å². The van der Waals surface area contributed by atoms with Gasteiger partial charge in [-0.3, -0.25) is 4.90 Å². The van der Waals surface area contributed by atoms with Crippen LogP contribution in [0.4, 0.5) is 0 Å². The molecular weight excluding hydrogens is 252 g/mol. The van der Waals surface area contributed by atoms with Crippen LogP contribution in [0.5, 0.6) is 0 Å². The lowest BCUT2D eigenvalue weighted by atomic mass is 10.1. The van der Waals surface area contributed by atoms with Crippen LogP contribution in [0.3, 0.4) is 0 Å². The second-order valence-electron chi connectivity index (χ2n) is 5.30. The number of ether oxygens (including phenoxy) is 1. The summed E-state index contributed by atoms with van der Waals surface area (Å²) in [5.74, 6) is 0.282. The van der Waals surface area contributed by atoms with Gasteiger partial charge < -0.3 is 4.74 Å². The van der Waals surface area contributed by atoms with Gasteiger partial charge in [0.25, 0.3) is 0 Å². The summed E-state index contributed by atoms with van der Waals surface area (Å²) in [4.78, 5) is 2.22. The van der Waals surface area contributed by atoms with Crippen LogP contribution in [0, 0.1) is 0 Å². The lowest BCUT2D eigenvalue weighted by molar-refractivity contribution is -0.0366. The summed E-state index contributed by atoms with van der Waals surface area (Å²) >= 11 is 0. The quantitative estimate of drug-likeness (QED) is 0.687. The summed E-state index contributed by atoms with van der Waals surface area (Å²) in [6, 6.07) is 0.236. The Balaban J connectivity index is 1.94. The van der Waals surface area contributed by atoms with Crippen LogP contribution in [0.1, 0.15) is 26.2 Å². The third kappa shape index (κ3) is 3.04. The zero-order valence-corrected chi connectivity index (χ0v) is 12.2. The fraction of sp³-hybridized carbons (Fsp3) is 1.00. The Morgan fingerprint density at radius 2 is 2.06 bits per heavy atom. The summed E-state index contributed by atoms with van der Waals surface area (Å²) < 4.78 is 31.7. The standard InChI is InChI=1S/C12H24N2O3S/c1-3-4-5-8-18(15,16)14-9-11-12(10-14)17-7-6-13(11)2/h11-12H,3-10H2,1-2H3/t11-,12-/m1/s1. The van der Waals surface area contributed by atoms with Crippen molar-refractivity contribution in [2.24, 2.45) is 0 Å². The SMILES string of the molecule is CCCCCS(=O)(=O)N1C[C@@H]2[C@@H](C1)OCCN2C. The highest BCUT2D eigenvalue weighted by molar-refractivity contribution is 7.89. The highest BCUT2D eigenvalue weighted by atomic mass is 32.2. The number of rotatable bonds is 5. The summed E-state index contributed by atoms with van der Waals surface area (Å²) in [7, 11) is -1.04. The molecule has 2 atom stereocenters. The predicted molar refractivity (Wildman–Crippen MR) is 71.0 cm³/mol. The fourth-order valence-corrected chi connectivity index (χ4v) is 4.30. The molecule has 0 aromatic carbocycles. The van der Waals surface area contributed by atoms with E-state index < -0.39 is 10.0 Å². The number of nitrogens with zero attached hydrogens (tertiary/aromatic N) is 2. The molecule has 0 saturated carbocycles. The third-order valence-electron chi connectivity index (χ3n) is 3.94. The van der Waals surface area contributed by atoms with Crippen molar-refractivity contribution in [2.75, 3.05) is 39.0 Å². The topological polar surface area (TPSA) is 49.9 Å². The molecule has 0 unspecified atom stereocenters. The Kier molecular flexibility index (Phi) is 4.64. The van der Waals surface area contributed by atoms with Crippen molar-refractivity contribution < 1.29 is 13.2 Å². The van der Waals surface area contributed by atoms with Gasteiger partial charge in [-0.25, -0.2) is 8.42 Å². The summed E-state index contributed by atoms with van der Waals surface area (Å²) in [6.07, 6.45) is 2.86. The lowest BCUT2D eigenvalue weighted by Gasteiger charge is -2.33. The van der Waals surface area contributed by atoms with Crippen molar-refractivity contribution in [2.45, 2.75) is 38.3 Å². The first-order chi connectivity index (χ1) is 8.54. The maximum absolute atomic E-state index is 12.2. The molecule has 2 aliphatic heterocycles. The zero-order valence-electron chi connectivity index (χ0n) is 11.3. The van der Waals surface area contributed by atoms with Gasteiger partial charge in [0.1, 0.15) is 0 Å². The summed E-state index contributed by atoms with van der Waals surface area (Å²) in [6.45, 7) is 4.81. The van der Waals surface area contributed by atoms with E-state index in [1.165, 1.54) is 0 Å². The van der Waals surface area contributed by atoms with Gasteiger partial charge in [0.2, 0.25) is 10.0 Å². The maximum atomic E-state index is 12.2. The van der Waals surface area contributed by atoms with Crippen molar-refractivity contribution in [3.8, 4) is 0 Å². The van der Waals surface area contributed by atoms with Crippen molar-refractivity contribution >= 4 is 10.0 Å². The highest BCUT2D eigenvalue weighted by Gasteiger charge is 2.42. The molecule has 2 rings (SSSR count). The molecular formula is C12H24N2O3S. The van der Waals surface area contributed by atoms with Crippen LogP contribution in [0.2, 0.25) is 0 Å². The number of likely N-dealkylation sites (N-methyl/N-ethyl adjacent to an activating group) is 1. The molecule has 0 bridgehead atoms. The van der Waals surface area contributed by atoms with Gasteiger partial charge in [-0.05, 0) is 13.5 Å². The minimum absolute atomic E-state index is 0.0599. The molecule has 0 amide bonds. The number of unbranched alkanes of at least 4 members (excludes halogenated alkanes) is 2. The van der Waals surface area contributed by atoms with Crippen molar-refractivity contribution in [3.63, 3.8) is 0 Å². The first-order valence-electron chi connectivity index (χ1n) is 6.84. The Morgan fingerprint density at radius 3 is 2.72 bits per heavy atom. The number of fused-ring (bicyclic) bond motifs is 1. The van der Waals surface area contributed by atoms with E-state index in [0.717, 1.165) is 25.8 Å². The van der Waals surface area contributed by atoms with Crippen LogP contribution >= 0.6 is 0 Å². The van der Waals surface area contributed by atoms with Crippen molar-refractivity contribution in [1.29, 1.82) is 0 Å². The summed E-state index contributed by atoms with van der Waals surface area (Å²) in [5, 5.41) is 0. The molecule has 6 heteroatoms. The molecule has 0 aromatic heterocycles. The van der Waals surface area contributed by atoms with Crippen LogP contribution in [0.15, 0.2) is 0 Å². The van der Waals surface area contributed by atoms with E-state index >= 15 is 0 Å². The second-order valence-corrected chi connectivity index (χ2v) is 7.39. The molecule has 0 aromatic rings. The van der Waals surface area contributed by atoms with Gasteiger partial charge in [0.05, 0.1) is 24.5 Å². The number of morpholine rings is 1. The Morgan fingerprint density at radius 1 is 1.28 bits per heavy atom. The largest absolute Gasteiger partial charge is 0.374 e. The lowest BCUT2D eigenvalue weighted by Crippen LogP contribution is -2.48. The average Bonchev–Trinajstić information content (AvgIpc) is 2.75. The third-order valence-corrected chi connectivity index (χ3v) is 5.83. The van der Waals surface area contributed by atoms with E-state index in [4.69, 9.17) is 4.74 Å². The molecule has 2 fully saturated rings. The van der Waals surface area contributed by atoms with E-state index in [0.29, 0.717) is 19.7 Å². The minimum atomic E-state index is -3.09. The van der Waals surface area contributed by atoms with Crippen molar-refractivity contribution in [1.82, 2.24) is 9.21 Å².